The monoisotopic (exact) mass is 725 g/mol. The Bertz CT molecular complexity index is 1660. The lowest BCUT2D eigenvalue weighted by Gasteiger charge is -2.33. The van der Waals surface area contributed by atoms with Crippen molar-refractivity contribution in [3.05, 3.63) is 52.5 Å². The predicted octanol–water partition coefficient (Wildman–Crippen LogP) is 5.23. The molecule has 5 rings (SSSR count). The van der Waals surface area contributed by atoms with E-state index in [2.05, 4.69) is 15.5 Å². The number of aryl methyl sites for hydroxylation is 2. The second-order valence-corrected chi connectivity index (χ2v) is 15.5. The SMILES string of the molecule is Cc1cc([C@H](C(=O)N2C[C@H](O)C[C@H]2C(=O)NCc2ccc(-c3scnc3C)cc2OCCOC2CCN(C(=O)OC(C)(C)C)CC2)C(C)C)on1. The van der Waals surface area contributed by atoms with Gasteiger partial charge in [0, 0.05) is 44.2 Å². The van der Waals surface area contributed by atoms with Crippen molar-refractivity contribution in [3.8, 4) is 16.2 Å². The fourth-order valence-electron chi connectivity index (χ4n) is 6.50. The van der Waals surface area contributed by atoms with Crippen LogP contribution >= 0.6 is 11.3 Å². The predicted molar refractivity (Wildman–Crippen MR) is 191 cm³/mol. The van der Waals surface area contributed by atoms with Crippen LogP contribution in [0.15, 0.2) is 34.3 Å². The molecule has 0 saturated carbocycles. The molecule has 51 heavy (non-hydrogen) atoms. The van der Waals surface area contributed by atoms with Crippen LogP contribution in [0.25, 0.3) is 10.4 Å². The van der Waals surface area contributed by atoms with Crippen LogP contribution in [0.5, 0.6) is 5.75 Å². The standard InChI is InChI=1S/C37H51N5O8S/c1-22(2)32(31-16-23(3)40-50-31)35(45)42-20-27(43)18-29(42)34(44)38-19-26-9-8-25(33-24(4)39-21-51-33)17-30(26)48-15-14-47-28-10-12-41(13-11-28)36(46)49-37(5,6)7/h8-9,16-17,21-22,27-29,32,43H,10-15,18-20H2,1-7H3,(H,38,44)/t27-,29+,32-/m1/s1. The van der Waals surface area contributed by atoms with E-state index >= 15 is 0 Å². The number of hydrogen-bond acceptors (Lipinski definition) is 11. The lowest BCUT2D eigenvalue weighted by atomic mass is 9.91. The molecule has 2 aromatic heterocycles. The summed E-state index contributed by atoms with van der Waals surface area (Å²) in [4.78, 5) is 48.5. The second kappa shape index (κ2) is 16.6. The third kappa shape index (κ3) is 9.86. The van der Waals surface area contributed by atoms with E-state index in [0.717, 1.165) is 21.7 Å². The van der Waals surface area contributed by atoms with Crippen LogP contribution < -0.4 is 10.1 Å². The van der Waals surface area contributed by atoms with Crippen LogP contribution in [-0.2, 0) is 25.6 Å². The Hall–Kier alpha value is -4.01. The molecule has 2 N–H and O–H groups in total. The van der Waals surface area contributed by atoms with E-state index in [1.165, 1.54) is 4.90 Å². The van der Waals surface area contributed by atoms with Crippen molar-refractivity contribution in [2.75, 3.05) is 32.8 Å². The highest BCUT2D eigenvalue weighted by atomic mass is 32.1. The van der Waals surface area contributed by atoms with Gasteiger partial charge in [0.1, 0.15) is 35.7 Å². The Morgan fingerprint density at radius 2 is 1.86 bits per heavy atom. The molecule has 2 aliphatic heterocycles. The number of benzene rings is 1. The number of carbonyl (C=O) groups is 3. The largest absolute Gasteiger partial charge is 0.491 e. The van der Waals surface area contributed by atoms with E-state index in [9.17, 15) is 19.5 Å². The van der Waals surface area contributed by atoms with Crippen LogP contribution in [0, 0.1) is 19.8 Å². The van der Waals surface area contributed by atoms with Crippen LogP contribution in [0.3, 0.4) is 0 Å². The van der Waals surface area contributed by atoms with Crippen LogP contribution in [0.2, 0.25) is 0 Å². The first-order valence-corrected chi connectivity index (χ1v) is 18.5. The summed E-state index contributed by atoms with van der Waals surface area (Å²) in [6.45, 7) is 15.2. The fraction of sp³-hybridized carbons (Fsp3) is 0.595. The number of β-amino-alcohol motifs (C(OH)–C–C–N with tert-alkyl or cyclic N) is 1. The summed E-state index contributed by atoms with van der Waals surface area (Å²) in [5.74, 6) is -0.326. The summed E-state index contributed by atoms with van der Waals surface area (Å²) < 4.78 is 23.3. The number of hydrogen-bond donors (Lipinski definition) is 2. The van der Waals surface area contributed by atoms with Crippen LogP contribution in [0.4, 0.5) is 4.79 Å². The lowest BCUT2D eigenvalue weighted by Crippen LogP contribution is -2.48. The molecule has 0 radical (unpaired) electrons. The number of piperidine rings is 1. The quantitative estimate of drug-likeness (QED) is 0.237. The number of likely N-dealkylation sites (tertiary alicyclic amines) is 2. The Balaban J connectivity index is 1.21. The van der Waals surface area contributed by atoms with Crippen molar-refractivity contribution in [2.45, 2.75) is 104 Å². The Morgan fingerprint density at radius 3 is 2.49 bits per heavy atom. The molecule has 3 amide bonds. The maximum atomic E-state index is 13.8. The van der Waals surface area contributed by atoms with Crippen molar-refractivity contribution in [3.63, 3.8) is 0 Å². The van der Waals surface area contributed by atoms with E-state index in [4.69, 9.17) is 18.7 Å². The minimum Gasteiger partial charge on any atom is -0.491 e. The lowest BCUT2D eigenvalue weighted by molar-refractivity contribution is -0.141. The summed E-state index contributed by atoms with van der Waals surface area (Å²) in [7, 11) is 0. The average molecular weight is 726 g/mol. The molecule has 0 bridgehead atoms. The summed E-state index contributed by atoms with van der Waals surface area (Å²) >= 11 is 1.54. The topological polar surface area (TPSA) is 157 Å². The van der Waals surface area contributed by atoms with E-state index < -0.39 is 23.7 Å². The Kier molecular flexibility index (Phi) is 12.4. The van der Waals surface area contributed by atoms with Crippen molar-refractivity contribution in [1.29, 1.82) is 0 Å². The number of amides is 3. The molecule has 3 atom stereocenters. The molecule has 13 nitrogen and oxygen atoms in total. The van der Waals surface area contributed by atoms with Crippen molar-refractivity contribution in [2.24, 2.45) is 5.92 Å². The van der Waals surface area contributed by atoms with Gasteiger partial charge in [-0.25, -0.2) is 9.78 Å². The summed E-state index contributed by atoms with van der Waals surface area (Å²) in [5, 5.41) is 17.5. The highest BCUT2D eigenvalue weighted by Crippen LogP contribution is 2.33. The average Bonchev–Trinajstić information content (AvgIpc) is 3.81. The molecular formula is C37H51N5O8S. The smallest absolute Gasteiger partial charge is 0.410 e. The highest BCUT2D eigenvalue weighted by Gasteiger charge is 2.43. The van der Waals surface area contributed by atoms with Gasteiger partial charge in [-0.1, -0.05) is 31.1 Å². The Labute approximate surface area is 303 Å². The number of nitrogens with zero attached hydrogens (tertiary/aromatic N) is 4. The van der Waals surface area contributed by atoms with E-state index in [-0.39, 0.29) is 56.0 Å². The first kappa shape index (κ1) is 38.2. The molecule has 1 aromatic carbocycles. The summed E-state index contributed by atoms with van der Waals surface area (Å²) in [6, 6.07) is 6.75. The van der Waals surface area contributed by atoms with E-state index in [1.54, 1.807) is 34.7 Å². The number of carbonyl (C=O) groups excluding carboxylic acids is 3. The van der Waals surface area contributed by atoms with Crippen molar-refractivity contribution in [1.82, 2.24) is 25.3 Å². The molecule has 278 valence electrons. The number of thiazole rings is 1. The number of rotatable bonds is 12. The molecule has 0 aliphatic carbocycles. The first-order valence-electron chi connectivity index (χ1n) is 17.6. The molecule has 2 aliphatic rings. The normalized spacial score (nSPS) is 19.0. The van der Waals surface area contributed by atoms with Crippen molar-refractivity contribution < 1.29 is 38.2 Å². The maximum Gasteiger partial charge on any atom is 0.410 e. The second-order valence-electron chi connectivity index (χ2n) is 14.7. The van der Waals surface area contributed by atoms with Gasteiger partial charge in [0.2, 0.25) is 11.8 Å². The molecule has 0 spiro atoms. The first-order chi connectivity index (χ1) is 24.2. The third-order valence-electron chi connectivity index (χ3n) is 9.07. The number of ether oxygens (including phenoxy) is 3. The summed E-state index contributed by atoms with van der Waals surface area (Å²) in [5.41, 5.74) is 4.56. The molecule has 0 unspecified atom stereocenters. The van der Waals surface area contributed by atoms with Gasteiger partial charge < -0.3 is 39.0 Å². The molecule has 2 saturated heterocycles. The zero-order valence-electron chi connectivity index (χ0n) is 30.6. The number of aliphatic hydroxyl groups is 1. The van der Waals surface area contributed by atoms with Gasteiger partial charge in [0.25, 0.3) is 0 Å². The molecular weight excluding hydrogens is 675 g/mol. The minimum atomic E-state index is -0.837. The third-order valence-corrected chi connectivity index (χ3v) is 10.0. The van der Waals surface area contributed by atoms with Crippen LogP contribution in [0.1, 0.15) is 82.5 Å². The number of nitrogens with one attached hydrogen (secondary N) is 1. The molecule has 2 fully saturated rings. The zero-order valence-corrected chi connectivity index (χ0v) is 31.5. The number of aromatic nitrogens is 2. The molecule has 3 aromatic rings. The number of aliphatic hydroxyl groups excluding tert-OH is 1. The molecule has 4 heterocycles. The Morgan fingerprint density at radius 1 is 1.12 bits per heavy atom. The molecule has 14 heteroatoms. The fourth-order valence-corrected chi connectivity index (χ4v) is 7.31. The summed E-state index contributed by atoms with van der Waals surface area (Å²) in [6.07, 6.45) is 0.444. The maximum absolute atomic E-state index is 13.8. The van der Waals surface area contributed by atoms with Crippen molar-refractivity contribution >= 4 is 29.2 Å². The van der Waals surface area contributed by atoms with Gasteiger partial charge in [-0.05, 0) is 65.0 Å². The minimum absolute atomic E-state index is 0.00741. The van der Waals surface area contributed by atoms with Gasteiger partial charge in [-0.15, -0.1) is 11.3 Å². The highest BCUT2D eigenvalue weighted by molar-refractivity contribution is 7.13. The van der Waals surface area contributed by atoms with Gasteiger partial charge in [-0.3, -0.25) is 9.59 Å². The van der Waals surface area contributed by atoms with Gasteiger partial charge in [0.15, 0.2) is 0 Å². The van der Waals surface area contributed by atoms with Crippen LogP contribution in [-0.4, -0.2) is 99.7 Å². The van der Waals surface area contributed by atoms with E-state index in [0.29, 0.717) is 49.7 Å². The van der Waals surface area contributed by atoms with Gasteiger partial charge in [0.05, 0.1) is 40.6 Å². The van der Waals surface area contributed by atoms with Gasteiger partial charge in [-0.2, -0.15) is 0 Å². The van der Waals surface area contributed by atoms with Gasteiger partial charge >= 0.3 is 6.09 Å². The zero-order chi connectivity index (χ0) is 36.9. The van der Waals surface area contributed by atoms with E-state index in [1.807, 2.05) is 59.7 Å².